The Labute approximate surface area is 272 Å². The number of anilines is 1. The number of nitrogens with zero attached hydrogens (tertiary/aromatic N) is 5. The molecule has 4 rings (SSSR count). The van der Waals surface area contributed by atoms with Crippen molar-refractivity contribution in [3.05, 3.63) is 12.2 Å². The molecule has 2 aromatic rings. The standard InChI is InChI=1S/C30H50N6O8P2/c1-26(2,3)41-45(37,42-27(4,5)6)39-17-30-15-19(30)20(36-18-33-23-24(32-13)34-22(16-31)35-25(23)36)14-21(30)40-46(38,43-28(7,8)9)44-29(10,11)12/h18-21H,14-15,17H2,1-13H3,(H,32,34,35)/t19-,20-,21+,30+/m1/s1. The lowest BCUT2D eigenvalue weighted by atomic mass is 10.0. The second kappa shape index (κ2) is 12.2. The van der Waals surface area contributed by atoms with Crippen molar-refractivity contribution >= 4 is 32.6 Å². The molecule has 0 spiro atoms. The molecule has 2 heterocycles. The van der Waals surface area contributed by atoms with Crippen molar-refractivity contribution in [2.24, 2.45) is 11.3 Å². The molecule has 0 bridgehead atoms. The van der Waals surface area contributed by atoms with E-state index in [-0.39, 0.29) is 24.4 Å². The van der Waals surface area contributed by atoms with Crippen LogP contribution >= 0.6 is 15.6 Å². The molecule has 1 N–H and O–H groups in total. The van der Waals surface area contributed by atoms with Gasteiger partial charge in [0.25, 0.3) is 0 Å². The Hall–Kier alpha value is -1.94. The summed E-state index contributed by atoms with van der Waals surface area (Å²) in [6.07, 6.45) is 1.88. The van der Waals surface area contributed by atoms with Crippen LogP contribution < -0.4 is 5.32 Å². The van der Waals surface area contributed by atoms with E-state index in [1.807, 2.05) is 10.6 Å². The van der Waals surface area contributed by atoms with Gasteiger partial charge in [0.05, 0.1) is 41.4 Å². The van der Waals surface area contributed by atoms with Crippen molar-refractivity contribution in [3.63, 3.8) is 0 Å². The minimum absolute atomic E-state index is 0.00366. The van der Waals surface area contributed by atoms with Crippen molar-refractivity contribution < 1.29 is 36.3 Å². The van der Waals surface area contributed by atoms with Crippen LogP contribution in [0.2, 0.25) is 0 Å². The van der Waals surface area contributed by atoms with Crippen molar-refractivity contribution in [1.29, 1.82) is 5.26 Å². The van der Waals surface area contributed by atoms with E-state index in [9.17, 15) is 14.4 Å². The summed E-state index contributed by atoms with van der Waals surface area (Å²) in [6.45, 7) is 21.2. The van der Waals surface area contributed by atoms with E-state index < -0.39 is 49.6 Å². The monoisotopic (exact) mass is 684 g/mol. The van der Waals surface area contributed by atoms with E-state index in [4.69, 9.17) is 27.1 Å². The van der Waals surface area contributed by atoms with Gasteiger partial charge in [-0.05, 0) is 102 Å². The van der Waals surface area contributed by atoms with Gasteiger partial charge in [-0.15, -0.1) is 0 Å². The van der Waals surface area contributed by atoms with E-state index in [0.717, 1.165) is 0 Å². The molecule has 0 aliphatic heterocycles. The van der Waals surface area contributed by atoms with Gasteiger partial charge in [-0.3, -0.25) is 27.1 Å². The lowest BCUT2D eigenvalue weighted by Crippen LogP contribution is -2.32. The van der Waals surface area contributed by atoms with Crippen LogP contribution in [-0.4, -0.2) is 61.7 Å². The van der Waals surface area contributed by atoms with Gasteiger partial charge in [-0.25, -0.2) is 14.1 Å². The Bertz CT molecular complexity index is 1540. The van der Waals surface area contributed by atoms with Gasteiger partial charge in [0.2, 0.25) is 5.82 Å². The smallest absolute Gasteiger partial charge is 0.371 e. The van der Waals surface area contributed by atoms with Gasteiger partial charge in [0.1, 0.15) is 6.07 Å². The molecule has 14 nitrogen and oxygen atoms in total. The Morgan fingerprint density at radius 2 is 1.43 bits per heavy atom. The third kappa shape index (κ3) is 8.74. The molecule has 2 fully saturated rings. The molecule has 2 aliphatic carbocycles. The van der Waals surface area contributed by atoms with Gasteiger partial charge in [-0.2, -0.15) is 15.2 Å². The molecule has 2 aromatic heterocycles. The number of fused-ring (bicyclic) bond motifs is 2. The maximum atomic E-state index is 14.4. The van der Waals surface area contributed by atoms with Crippen LogP contribution in [-0.2, 0) is 36.3 Å². The highest BCUT2D eigenvalue weighted by Gasteiger charge is 2.70. The van der Waals surface area contributed by atoms with E-state index in [0.29, 0.717) is 29.8 Å². The molecular formula is C30H50N6O8P2. The topological polar surface area (TPSA) is 169 Å². The molecule has 0 radical (unpaired) electrons. The minimum atomic E-state index is -4.16. The molecule has 0 saturated heterocycles. The van der Waals surface area contributed by atoms with Crippen LogP contribution in [0.4, 0.5) is 5.82 Å². The van der Waals surface area contributed by atoms with Gasteiger partial charge in [0.15, 0.2) is 17.0 Å². The zero-order chi connectivity index (χ0) is 34.7. The molecule has 46 heavy (non-hydrogen) atoms. The number of hydrogen-bond donors (Lipinski definition) is 1. The summed E-state index contributed by atoms with van der Waals surface area (Å²) in [5.41, 5.74) is -3.13. The van der Waals surface area contributed by atoms with E-state index >= 15 is 0 Å². The first-order valence-corrected chi connectivity index (χ1v) is 18.4. The number of phosphoric acid groups is 2. The second-order valence-electron chi connectivity index (χ2n) is 16.0. The van der Waals surface area contributed by atoms with Crippen LogP contribution in [0.5, 0.6) is 0 Å². The first kappa shape index (κ1) is 36.9. The summed E-state index contributed by atoms with van der Waals surface area (Å²) in [7, 11) is -6.55. The van der Waals surface area contributed by atoms with Crippen LogP contribution in [0.25, 0.3) is 11.2 Å². The maximum absolute atomic E-state index is 14.4. The molecule has 2 aliphatic rings. The van der Waals surface area contributed by atoms with Crippen LogP contribution in [0.3, 0.4) is 0 Å². The number of nitriles is 1. The molecule has 2 saturated carbocycles. The number of hydrogen-bond acceptors (Lipinski definition) is 13. The molecule has 0 unspecified atom stereocenters. The van der Waals surface area contributed by atoms with Crippen LogP contribution in [0.1, 0.15) is 108 Å². The van der Waals surface area contributed by atoms with Gasteiger partial charge < -0.3 is 9.88 Å². The Morgan fingerprint density at radius 1 is 0.913 bits per heavy atom. The number of phosphoric ester groups is 2. The third-order valence-corrected chi connectivity index (χ3v) is 11.2. The molecule has 0 amide bonds. The normalized spacial score (nSPS) is 24.2. The highest BCUT2D eigenvalue weighted by molar-refractivity contribution is 7.48. The summed E-state index contributed by atoms with van der Waals surface area (Å²) in [4.78, 5) is 13.3. The fraction of sp³-hybridized carbons (Fsp3) is 0.800. The molecule has 258 valence electrons. The van der Waals surface area contributed by atoms with Crippen molar-refractivity contribution in [2.45, 2.75) is 130 Å². The Balaban J connectivity index is 1.76. The Morgan fingerprint density at radius 3 is 1.91 bits per heavy atom. The maximum Gasteiger partial charge on any atom is 0.476 e. The molecule has 16 heteroatoms. The summed E-state index contributed by atoms with van der Waals surface area (Å²) in [6, 6.07) is 1.76. The SMILES string of the molecule is CNc1nc(C#N)nc2c1ncn2[C@@H]1C[C@H](OP(=O)(OC(C)(C)C)OC(C)(C)C)[C@]2(COP(=O)(OC(C)(C)C)OC(C)(C)C)C[C@H]12. The highest BCUT2D eigenvalue weighted by atomic mass is 31.2. The minimum Gasteiger partial charge on any atom is -0.371 e. The summed E-state index contributed by atoms with van der Waals surface area (Å²) < 4.78 is 66.7. The summed E-state index contributed by atoms with van der Waals surface area (Å²) >= 11 is 0. The van der Waals surface area contributed by atoms with Crippen molar-refractivity contribution in [3.8, 4) is 6.07 Å². The highest BCUT2D eigenvalue weighted by Crippen LogP contribution is 2.73. The zero-order valence-corrected chi connectivity index (χ0v) is 31.1. The number of nitrogens with one attached hydrogen (secondary N) is 1. The fourth-order valence-corrected chi connectivity index (χ4v) is 9.74. The van der Waals surface area contributed by atoms with E-state index in [1.54, 1.807) is 96.5 Å². The lowest BCUT2D eigenvalue weighted by molar-refractivity contribution is -0.0352. The van der Waals surface area contributed by atoms with Crippen LogP contribution in [0.15, 0.2) is 6.33 Å². The first-order chi connectivity index (χ1) is 20.8. The average Bonchev–Trinajstić information content (AvgIpc) is 3.30. The fourth-order valence-electron chi connectivity index (χ4n) is 5.79. The molecule has 4 atom stereocenters. The molecular weight excluding hydrogens is 634 g/mol. The predicted octanol–water partition coefficient (Wildman–Crippen LogP) is 7.57. The van der Waals surface area contributed by atoms with E-state index in [1.165, 1.54) is 0 Å². The van der Waals surface area contributed by atoms with Crippen molar-refractivity contribution in [1.82, 2.24) is 19.5 Å². The third-order valence-electron chi connectivity index (χ3n) is 7.15. The summed E-state index contributed by atoms with van der Waals surface area (Å²) in [5.74, 6) is 0.331. The average molecular weight is 685 g/mol. The van der Waals surface area contributed by atoms with Gasteiger partial charge in [-0.1, -0.05) is 0 Å². The quantitative estimate of drug-likeness (QED) is 0.230. The molecule has 0 aromatic carbocycles. The van der Waals surface area contributed by atoms with Crippen molar-refractivity contribution in [2.75, 3.05) is 19.0 Å². The summed E-state index contributed by atoms with van der Waals surface area (Å²) in [5, 5.41) is 12.6. The largest absolute Gasteiger partial charge is 0.476 e. The lowest BCUT2D eigenvalue weighted by Gasteiger charge is -2.35. The van der Waals surface area contributed by atoms with Gasteiger partial charge in [0, 0.05) is 18.5 Å². The van der Waals surface area contributed by atoms with Gasteiger partial charge >= 0.3 is 15.6 Å². The zero-order valence-electron chi connectivity index (χ0n) is 29.3. The predicted molar refractivity (Wildman–Crippen MR) is 173 cm³/mol. The second-order valence-corrected chi connectivity index (χ2v) is 19.0. The number of rotatable bonds is 11. The Kier molecular flexibility index (Phi) is 9.77. The van der Waals surface area contributed by atoms with E-state index in [2.05, 4.69) is 20.3 Å². The van der Waals surface area contributed by atoms with Crippen LogP contribution in [0, 0.1) is 22.7 Å². The number of imidazole rings is 1. The first-order valence-electron chi connectivity index (χ1n) is 15.5. The number of aromatic nitrogens is 4.